The van der Waals surface area contributed by atoms with Crippen molar-refractivity contribution >= 4 is 10.0 Å². The van der Waals surface area contributed by atoms with Crippen molar-refractivity contribution in [2.45, 2.75) is 43.5 Å². The van der Waals surface area contributed by atoms with Gasteiger partial charge in [-0.3, -0.25) is 0 Å². The van der Waals surface area contributed by atoms with Crippen molar-refractivity contribution in [3.63, 3.8) is 0 Å². The average Bonchev–Trinajstić information content (AvgIpc) is 3.10. The van der Waals surface area contributed by atoms with Crippen LogP contribution in [0, 0.1) is 11.3 Å². The zero-order chi connectivity index (χ0) is 17.2. The van der Waals surface area contributed by atoms with Crippen LogP contribution in [0.4, 0.5) is 0 Å². The number of hydrogen-bond donors (Lipinski definition) is 0. The molecule has 1 aliphatic heterocycles. The number of hydrogen-bond acceptors (Lipinski definition) is 5. The number of sulfonamides is 1. The SMILES string of the molecule is CCc1ccc([C@H]2CCCCN2S(=O)(=O)c2cccnc2C#N)o1. The van der Waals surface area contributed by atoms with Crippen molar-refractivity contribution in [1.29, 1.82) is 5.26 Å². The van der Waals surface area contributed by atoms with Crippen LogP contribution in [-0.2, 0) is 16.4 Å². The fraction of sp³-hybridized carbons (Fsp3) is 0.412. The Morgan fingerprint density at radius 3 is 2.92 bits per heavy atom. The van der Waals surface area contributed by atoms with E-state index in [1.54, 1.807) is 0 Å². The van der Waals surface area contributed by atoms with Crippen molar-refractivity contribution < 1.29 is 12.8 Å². The molecular weight excluding hydrogens is 326 g/mol. The van der Waals surface area contributed by atoms with Crippen LogP contribution in [0.15, 0.2) is 39.8 Å². The summed E-state index contributed by atoms with van der Waals surface area (Å²) in [5, 5.41) is 9.18. The van der Waals surface area contributed by atoms with Gasteiger partial charge in [-0.2, -0.15) is 9.57 Å². The van der Waals surface area contributed by atoms with Gasteiger partial charge >= 0.3 is 0 Å². The molecule has 0 aliphatic carbocycles. The summed E-state index contributed by atoms with van der Waals surface area (Å²) in [7, 11) is -3.81. The smallest absolute Gasteiger partial charge is 0.246 e. The predicted octanol–water partition coefficient (Wildman–Crippen LogP) is 3.02. The molecule has 1 saturated heterocycles. The maximum absolute atomic E-state index is 13.1. The molecule has 1 aliphatic rings. The summed E-state index contributed by atoms with van der Waals surface area (Å²) < 4.78 is 33.5. The Bertz CT molecular complexity index is 867. The lowest BCUT2D eigenvalue weighted by Crippen LogP contribution is -2.38. The van der Waals surface area contributed by atoms with Gasteiger partial charge in [-0.15, -0.1) is 0 Å². The molecule has 3 rings (SSSR count). The highest BCUT2D eigenvalue weighted by Crippen LogP contribution is 2.36. The minimum Gasteiger partial charge on any atom is -0.464 e. The molecule has 0 unspecified atom stereocenters. The second-order valence-corrected chi connectivity index (χ2v) is 7.61. The van der Waals surface area contributed by atoms with Crippen molar-refractivity contribution in [1.82, 2.24) is 9.29 Å². The number of piperidine rings is 1. The van der Waals surface area contributed by atoms with E-state index in [1.807, 2.05) is 25.1 Å². The monoisotopic (exact) mass is 345 g/mol. The predicted molar refractivity (Wildman–Crippen MR) is 87.5 cm³/mol. The van der Waals surface area contributed by atoms with Crippen molar-refractivity contribution in [2.24, 2.45) is 0 Å². The summed E-state index contributed by atoms with van der Waals surface area (Å²) in [4.78, 5) is 3.84. The Morgan fingerprint density at radius 2 is 2.21 bits per heavy atom. The maximum Gasteiger partial charge on any atom is 0.246 e. The standard InChI is InChI=1S/C17H19N3O3S/c1-2-13-8-9-16(23-13)15-6-3-4-11-20(15)24(21,22)17-7-5-10-19-14(17)12-18/h5,7-10,15H,2-4,6,11H2,1H3/t15-/m1/s1. The normalized spacial score (nSPS) is 19.1. The molecule has 1 fully saturated rings. The van der Waals surface area contributed by atoms with Gasteiger partial charge in [0.25, 0.3) is 0 Å². The van der Waals surface area contributed by atoms with Crippen LogP contribution in [0.3, 0.4) is 0 Å². The highest BCUT2D eigenvalue weighted by molar-refractivity contribution is 7.89. The summed E-state index contributed by atoms with van der Waals surface area (Å²) in [5.41, 5.74) is -0.0736. The van der Waals surface area contributed by atoms with Gasteiger partial charge in [-0.1, -0.05) is 13.3 Å². The van der Waals surface area contributed by atoms with Crippen LogP contribution in [0.5, 0.6) is 0 Å². The lowest BCUT2D eigenvalue weighted by molar-refractivity contribution is 0.223. The number of furan rings is 1. The highest BCUT2D eigenvalue weighted by Gasteiger charge is 2.37. The number of pyridine rings is 1. The summed E-state index contributed by atoms with van der Waals surface area (Å²) in [6.45, 7) is 2.40. The van der Waals surface area contributed by atoms with Crippen LogP contribution in [0.25, 0.3) is 0 Å². The topological polar surface area (TPSA) is 87.2 Å². The van der Waals surface area contributed by atoms with E-state index >= 15 is 0 Å². The Kier molecular flexibility index (Phi) is 4.69. The molecular formula is C17H19N3O3S. The number of rotatable bonds is 4. The highest BCUT2D eigenvalue weighted by atomic mass is 32.2. The largest absolute Gasteiger partial charge is 0.464 e. The number of nitriles is 1. The second-order valence-electron chi connectivity index (χ2n) is 5.75. The van der Waals surface area contributed by atoms with E-state index in [1.165, 1.54) is 22.6 Å². The molecule has 7 heteroatoms. The van der Waals surface area contributed by atoms with Crippen LogP contribution >= 0.6 is 0 Å². The number of aryl methyl sites for hydroxylation is 1. The van der Waals surface area contributed by atoms with Gasteiger partial charge in [0.05, 0.1) is 6.04 Å². The van der Waals surface area contributed by atoms with Crippen molar-refractivity contribution in [3.05, 3.63) is 47.7 Å². The third-order valence-corrected chi connectivity index (χ3v) is 6.22. The van der Waals surface area contributed by atoms with E-state index in [4.69, 9.17) is 4.42 Å². The van der Waals surface area contributed by atoms with Crippen molar-refractivity contribution in [3.8, 4) is 6.07 Å². The van der Waals surface area contributed by atoms with Gasteiger partial charge in [0.15, 0.2) is 5.69 Å². The molecule has 0 bridgehead atoms. The molecule has 24 heavy (non-hydrogen) atoms. The average molecular weight is 345 g/mol. The fourth-order valence-corrected chi connectivity index (χ4v) is 4.81. The van der Waals surface area contributed by atoms with Gasteiger partial charge in [0.2, 0.25) is 10.0 Å². The van der Waals surface area contributed by atoms with Crippen LogP contribution in [0.2, 0.25) is 0 Å². The molecule has 0 spiro atoms. The zero-order valence-electron chi connectivity index (χ0n) is 13.5. The Hall–Kier alpha value is -2.17. The van der Waals surface area contributed by atoms with Gasteiger partial charge < -0.3 is 4.42 Å². The van der Waals surface area contributed by atoms with Crippen LogP contribution < -0.4 is 0 Å². The molecule has 6 nitrogen and oxygen atoms in total. The minimum absolute atomic E-state index is 0.0401. The lowest BCUT2D eigenvalue weighted by Gasteiger charge is -2.33. The van der Waals surface area contributed by atoms with E-state index in [2.05, 4.69) is 4.98 Å². The molecule has 0 saturated carbocycles. The van der Waals surface area contributed by atoms with Gasteiger partial charge in [0, 0.05) is 19.2 Å². The number of nitrogens with zero attached hydrogens (tertiary/aromatic N) is 3. The van der Waals surface area contributed by atoms with Gasteiger partial charge in [0.1, 0.15) is 22.5 Å². The maximum atomic E-state index is 13.1. The Labute approximate surface area is 141 Å². The zero-order valence-corrected chi connectivity index (χ0v) is 14.3. The molecule has 0 aromatic carbocycles. The van der Waals surface area contributed by atoms with Crippen LogP contribution in [-0.4, -0.2) is 24.3 Å². The molecule has 0 N–H and O–H groups in total. The minimum atomic E-state index is -3.81. The molecule has 2 aromatic rings. The van der Waals surface area contributed by atoms with E-state index in [0.717, 1.165) is 25.0 Å². The lowest BCUT2D eigenvalue weighted by atomic mass is 10.0. The van der Waals surface area contributed by atoms with E-state index in [0.29, 0.717) is 18.7 Å². The van der Waals surface area contributed by atoms with Crippen molar-refractivity contribution in [2.75, 3.05) is 6.54 Å². The number of aromatic nitrogens is 1. The summed E-state index contributed by atoms with van der Waals surface area (Å²) in [5.74, 6) is 1.50. The summed E-state index contributed by atoms with van der Waals surface area (Å²) >= 11 is 0. The first kappa shape index (κ1) is 16.7. The molecule has 1 atom stereocenters. The molecule has 0 amide bonds. The molecule has 2 aromatic heterocycles. The van der Waals surface area contributed by atoms with E-state index in [-0.39, 0.29) is 16.6 Å². The van der Waals surface area contributed by atoms with Gasteiger partial charge in [-0.25, -0.2) is 13.4 Å². The van der Waals surface area contributed by atoms with Crippen LogP contribution in [0.1, 0.15) is 49.4 Å². The third kappa shape index (κ3) is 2.95. The first-order valence-electron chi connectivity index (χ1n) is 8.03. The molecule has 126 valence electrons. The summed E-state index contributed by atoms with van der Waals surface area (Å²) in [6, 6.07) is 8.25. The second kappa shape index (κ2) is 6.75. The fourth-order valence-electron chi connectivity index (χ4n) is 3.05. The third-order valence-electron chi connectivity index (χ3n) is 4.28. The Morgan fingerprint density at radius 1 is 1.38 bits per heavy atom. The van der Waals surface area contributed by atoms with E-state index in [9.17, 15) is 13.7 Å². The van der Waals surface area contributed by atoms with Gasteiger partial charge in [-0.05, 0) is 37.1 Å². The molecule has 3 heterocycles. The quantitative estimate of drug-likeness (QED) is 0.850. The Balaban J connectivity index is 2.02. The van der Waals surface area contributed by atoms with E-state index < -0.39 is 10.0 Å². The summed E-state index contributed by atoms with van der Waals surface area (Å²) in [6.07, 6.45) is 4.63. The molecule has 0 radical (unpaired) electrons. The first-order valence-corrected chi connectivity index (χ1v) is 9.47. The first-order chi connectivity index (χ1) is 11.6.